The van der Waals surface area contributed by atoms with Crippen molar-refractivity contribution in [1.82, 2.24) is 9.97 Å². The van der Waals surface area contributed by atoms with Crippen molar-refractivity contribution in [1.29, 1.82) is 0 Å². The normalized spacial score (nSPS) is 10.9. The molecule has 1 heterocycles. The number of aryl methyl sites for hydroxylation is 2. The molecule has 3 heteroatoms. The summed E-state index contributed by atoms with van der Waals surface area (Å²) in [6, 6.07) is 0. The number of aromatic nitrogens is 2. The molecule has 0 bridgehead atoms. The Kier molecular flexibility index (Phi) is 3.81. The maximum atomic E-state index is 5.18. The number of aromatic amines is 1. The van der Waals surface area contributed by atoms with Gasteiger partial charge < -0.3 is 4.98 Å². The second-order valence-electron chi connectivity index (χ2n) is 4.17. The molecule has 0 unspecified atom stereocenters. The van der Waals surface area contributed by atoms with Gasteiger partial charge in [0.1, 0.15) is 10.5 Å². The van der Waals surface area contributed by atoms with Crippen molar-refractivity contribution in [2.24, 2.45) is 5.92 Å². The van der Waals surface area contributed by atoms with Crippen molar-refractivity contribution in [2.75, 3.05) is 0 Å². The molecule has 0 aromatic carbocycles. The molecule has 0 spiro atoms. The number of hydrogen-bond acceptors (Lipinski definition) is 2. The van der Waals surface area contributed by atoms with Crippen LogP contribution in [0.2, 0.25) is 0 Å². The Bertz CT molecular complexity index is 366. The number of H-pyrrole nitrogens is 1. The number of nitrogens with zero attached hydrogens (tertiary/aromatic N) is 1. The van der Waals surface area contributed by atoms with E-state index in [1.54, 1.807) is 0 Å². The molecule has 0 atom stereocenters. The van der Waals surface area contributed by atoms with Crippen LogP contribution in [0.5, 0.6) is 0 Å². The third kappa shape index (κ3) is 2.91. The molecule has 1 aromatic rings. The summed E-state index contributed by atoms with van der Waals surface area (Å²) in [7, 11) is 0. The highest BCUT2D eigenvalue weighted by Crippen LogP contribution is 2.09. The van der Waals surface area contributed by atoms with Crippen LogP contribution in [0.15, 0.2) is 0 Å². The lowest BCUT2D eigenvalue weighted by Gasteiger charge is -2.07. The second kappa shape index (κ2) is 4.69. The molecule has 0 saturated heterocycles. The van der Waals surface area contributed by atoms with Crippen molar-refractivity contribution in [3.63, 3.8) is 0 Å². The van der Waals surface area contributed by atoms with E-state index < -0.39 is 0 Å². The minimum Gasteiger partial charge on any atom is -0.347 e. The van der Waals surface area contributed by atoms with Gasteiger partial charge in [0.25, 0.3) is 0 Å². The summed E-state index contributed by atoms with van der Waals surface area (Å²) in [5.74, 6) is 1.73. The number of nitrogens with one attached hydrogen (secondary N) is 1. The van der Waals surface area contributed by atoms with Gasteiger partial charge in [-0.15, -0.1) is 0 Å². The highest BCUT2D eigenvalue weighted by atomic mass is 32.1. The first-order valence-corrected chi connectivity index (χ1v) is 5.48. The van der Waals surface area contributed by atoms with E-state index in [4.69, 9.17) is 12.2 Å². The van der Waals surface area contributed by atoms with Crippen LogP contribution in [0.25, 0.3) is 0 Å². The van der Waals surface area contributed by atoms with Gasteiger partial charge in [-0.2, -0.15) is 0 Å². The van der Waals surface area contributed by atoms with Gasteiger partial charge in [0.05, 0.1) is 0 Å². The average molecular weight is 210 g/mol. The van der Waals surface area contributed by atoms with Gasteiger partial charge in [0.15, 0.2) is 0 Å². The first-order valence-electron chi connectivity index (χ1n) is 5.07. The number of hydrogen-bond donors (Lipinski definition) is 1. The minimum absolute atomic E-state index is 0.709. The first kappa shape index (κ1) is 11.4. The van der Waals surface area contributed by atoms with E-state index in [0.29, 0.717) is 5.92 Å². The summed E-state index contributed by atoms with van der Waals surface area (Å²) in [6.07, 6.45) is 2.14. The molecule has 0 aliphatic heterocycles. The third-order valence-corrected chi connectivity index (χ3v) is 2.81. The molecule has 0 aliphatic carbocycles. The summed E-state index contributed by atoms with van der Waals surface area (Å²) in [6.45, 7) is 8.49. The predicted molar refractivity (Wildman–Crippen MR) is 62.1 cm³/mol. The molecule has 0 amide bonds. The molecular weight excluding hydrogens is 192 g/mol. The zero-order valence-corrected chi connectivity index (χ0v) is 10.2. The standard InChI is InChI=1S/C11H18N2S/c1-7(2)5-6-10-12-9(4)8(3)11(14)13-10/h7H,5-6H2,1-4H3,(H,12,13,14). The lowest BCUT2D eigenvalue weighted by molar-refractivity contribution is 0.573. The summed E-state index contributed by atoms with van der Waals surface area (Å²) in [5, 5.41) is 0. The van der Waals surface area contributed by atoms with Gasteiger partial charge in [-0.1, -0.05) is 26.1 Å². The van der Waals surface area contributed by atoms with Crippen LogP contribution in [-0.2, 0) is 6.42 Å². The van der Waals surface area contributed by atoms with Crippen molar-refractivity contribution in [3.8, 4) is 0 Å². The van der Waals surface area contributed by atoms with Crippen LogP contribution >= 0.6 is 12.2 Å². The van der Waals surface area contributed by atoms with Gasteiger partial charge in [-0.3, -0.25) is 0 Å². The highest BCUT2D eigenvalue weighted by Gasteiger charge is 2.02. The lowest BCUT2D eigenvalue weighted by atomic mass is 10.1. The zero-order chi connectivity index (χ0) is 10.7. The first-order chi connectivity index (χ1) is 6.50. The Labute approximate surface area is 90.8 Å². The van der Waals surface area contributed by atoms with Crippen molar-refractivity contribution in [3.05, 3.63) is 21.7 Å². The van der Waals surface area contributed by atoms with Crippen LogP contribution in [0.3, 0.4) is 0 Å². The maximum absolute atomic E-state index is 5.18. The molecule has 0 radical (unpaired) electrons. The zero-order valence-electron chi connectivity index (χ0n) is 9.35. The fraction of sp³-hybridized carbons (Fsp3) is 0.636. The van der Waals surface area contributed by atoms with E-state index in [1.165, 1.54) is 0 Å². The van der Waals surface area contributed by atoms with Crippen molar-refractivity contribution in [2.45, 2.75) is 40.5 Å². The monoisotopic (exact) mass is 210 g/mol. The highest BCUT2D eigenvalue weighted by molar-refractivity contribution is 7.71. The van der Waals surface area contributed by atoms with Crippen LogP contribution in [0.1, 0.15) is 37.4 Å². The molecule has 0 fully saturated rings. The maximum Gasteiger partial charge on any atom is 0.132 e. The molecule has 14 heavy (non-hydrogen) atoms. The minimum atomic E-state index is 0.709. The van der Waals surface area contributed by atoms with Gasteiger partial charge >= 0.3 is 0 Å². The Morgan fingerprint density at radius 3 is 2.50 bits per heavy atom. The Hall–Kier alpha value is -0.700. The molecule has 1 N–H and O–H groups in total. The van der Waals surface area contributed by atoms with Crippen LogP contribution < -0.4 is 0 Å². The van der Waals surface area contributed by atoms with Crippen LogP contribution in [-0.4, -0.2) is 9.97 Å². The van der Waals surface area contributed by atoms with E-state index in [0.717, 1.165) is 34.6 Å². The Morgan fingerprint density at radius 1 is 1.36 bits per heavy atom. The fourth-order valence-electron chi connectivity index (χ4n) is 1.25. The largest absolute Gasteiger partial charge is 0.347 e. The summed E-state index contributed by atoms with van der Waals surface area (Å²) < 4.78 is 0.736. The smallest absolute Gasteiger partial charge is 0.132 e. The van der Waals surface area contributed by atoms with Crippen LogP contribution in [0.4, 0.5) is 0 Å². The van der Waals surface area contributed by atoms with E-state index >= 15 is 0 Å². The molecule has 0 saturated carbocycles. The van der Waals surface area contributed by atoms with Gasteiger partial charge in [-0.05, 0) is 26.2 Å². The molecular formula is C11H18N2S. The SMILES string of the molecule is Cc1[nH]c(CCC(C)C)nc(=S)c1C. The van der Waals surface area contributed by atoms with Crippen molar-refractivity contribution < 1.29 is 0 Å². The Morgan fingerprint density at radius 2 is 2.00 bits per heavy atom. The Balaban J connectivity index is 2.85. The molecule has 0 aliphatic rings. The quantitative estimate of drug-likeness (QED) is 0.775. The fourth-order valence-corrected chi connectivity index (χ4v) is 1.51. The summed E-state index contributed by atoms with van der Waals surface area (Å²) in [5.41, 5.74) is 2.23. The van der Waals surface area contributed by atoms with E-state index in [9.17, 15) is 0 Å². The lowest BCUT2D eigenvalue weighted by Crippen LogP contribution is -2.02. The van der Waals surface area contributed by atoms with E-state index in [1.807, 2.05) is 13.8 Å². The summed E-state index contributed by atoms with van der Waals surface area (Å²) in [4.78, 5) is 7.66. The third-order valence-electron chi connectivity index (χ3n) is 2.41. The second-order valence-corrected chi connectivity index (χ2v) is 4.56. The van der Waals surface area contributed by atoms with Crippen molar-refractivity contribution >= 4 is 12.2 Å². The van der Waals surface area contributed by atoms with Gasteiger partial charge in [-0.25, -0.2) is 4.98 Å². The topological polar surface area (TPSA) is 28.7 Å². The van der Waals surface area contributed by atoms with Gasteiger partial charge in [0.2, 0.25) is 0 Å². The van der Waals surface area contributed by atoms with E-state index in [2.05, 4.69) is 23.8 Å². The van der Waals surface area contributed by atoms with Crippen LogP contribution in [0, 0.1) is 24.4 Å². The number of rotatable bonds is 3. The predicted octanol–water partition coefficient (Wildman–Crippen LogP) is 3.34. The van der Waals surface area contributed by atoms with Gasteiger partial charge in [0, 0.05) is 17.7 Å². The molecule has 1 aromatic heterocycles. The molecule has 78 valence electrons. The average Bonchev–Trinajstić information content (AvgIpc) is 2.10. The summed E-state index contributed by atoms with van der Waals surface area (Å²) >= 11 is 5.18. The molecule has 1 rings (SSSR count). The van der Waals surface area contributed by atoms with E-state index in [-0.39, 0.29) is 0 Å². The molecule has 2 nitrogen and oxygen atoms in total.